The lowest BCUT2D eigenvalue weighted by Gasteiger charge is -2.45. The summed E-state index contributed by atoms with van der Waals surface area (Å²) in [6.07, 6.45) is -7.93. The van der Waals surface area contributed by atoms with Gasteiger partial charge in [-0.15, -0.1) is 0 Å². The Hall–Kier alpha value is -2.36. The molecule has 0 bridgehead atoms. The van der Waals surface area contributed by atoms with Crippen LogP contribution in [0.2, 0.25) is 0 Å². The minimum absolute atomic E-state index is 0.254. The van der Waals surface area contributed by atoms with Gasteiger partial charge < -0.3 is 50.6 Å². The average Bonchev–Trinajstić information content (AvgIpc) is 2.75. The molecule has 0 aromatic heterocycles. The maximum Gasteiger partial charge on any atom is 0.367 e. The maximum absolute atomic E-state index is 12.4. The Kier molecular flexibility index (Phi) is 10.8. The van der Waals surface area contributed by atoms with E-state index >= 15 is 0 Å². The highest BCUT2D eigenvalue weighted by atomic mass is 16.7. The number of esters is 2. The number of nitrogens with zero attached hydrogens (tertiary/aromatic N) is 1. The molecular formula is C20H35N3O11. The Bertz CT molecular complexity index is 747. The third kappa shape index (κ3) is 7.85. The molecule has 1 heterocycles. The van der Waals surface area contributed by atoms with Gasteiger partial charge in [0, 0.05) is 27.4 Å². The first-order valence-electron chi connectivity index (χ1n) is 10.6. The number of hydrogen-bond donors (Lipinski definition) is 6. The van der Waals surface area contributed by atoms with Crippen LogP contribution in [-0.2, 0) is 33.4 Å². The second-order valence-corrected chi connectivity index (χ2v) is 8.69. The fourth-order valence-corrected chi connectivity index (χ4v) is 3.03. The minimum Gasteiger partial charge on any atom is -0.462 e. The van der Waals surface area contributed by atoms with Crippen LogP contribution in [-0.4, -0.2) is 119 Å². The van der Waals surface area contributed by atoms with E-state index in [2.05, 4.69) is 5.32 Å². The predicted molar refractivity (Wildman–Crippen MR) is 113 cm³/mol. The third-order valence-corrected chi connectivity index (χ3v) is 5.22. The molecule has 0 radical (unpaired) electrons. The van der Waals surface area contributed by atoms with E-state index in [4.69, 9.17) is 19.9 Å². The lowest BCUT2D eigenvalue weighted by atomic mass is 9.88. The Morgan fingerprint density at radius 3 is 2.29 bits per heavy atom. The molecule has 0 spiro atoms. The maximum atomic E-state index is 12.4. The van der Waals surface area contributed by atoms with Crippen molar-refractivity contribution in [2.24, 2.45) is 11.7 Å². The highest BCUT2D eigenvalue weighted by Crippen LogP contribution is 2.31. The number of nitrogens with one attached hydrogen (secondary N) is 1. The summed E-state index contributed by atoms with van der Waals surface area (Å²) in [6, 6.07) is -2.35. The summed E-state index contributed by atoms with van der Waals surface area (Å²) in [5.41, 5.74) is 5.66. The molecule has 14 heteroatoms. The molecule has 7 atom stereocenters. The number of carbonyl (C=O) groups excluding carboxylic acids is 4. The van der Waals surface area contributed by atoms with Gasteiger partial charge in [-0.2, -0.15) is 0 Å². The predicted octanol–water partition coefficient (Wildman–Crippen LogP) is -3.79. The number of ether oxygens (including phenoxy) is 3. The molecule has 1 rings (SSSR count). The van der Waals surface area contributed by atoms with Gasteiger partial charge in [-0.05, 0) is 5.92 Å². The molecule has 196 valence electrons. The smallest absolute Gasteiger partial charge is 0.367 e. The molecule has 2 amide bonds. The number of aliphatic hydroxyl groups is 4. The van der Waals surface area contributed by atoms with Crippen molar-refractivity contribution in [3.05, 3.63) is 0 Å². The zero-order valence-electron chi connectivity index (χ0n) is 19.8. The number of rotatable bonds is 10. The van der Waals surface area contributed by atoms with E-state index in [1.807, 2.05) is 0 Å². The van der Waals surface area contributed by atoms with Crippen LogP contribution in [0.4, 0.5) is 0 Å². The average molecular weight is 494 g/mol. The van der Waals surface area contributed by atoms with Crippen LogP contribution >= 0.6 is 0 Å². The molecule has 0 saturated carbocycles. The van der Waals surface area contributed by atoms with E-state index in [0.29, 0.717) is 0 Å². The van der Waals surface area contributed by atoms with E-state index in [1.165, 1.54) is 14.1 Å². The van der Waals surface area contributed by atoms with Crippen molar-refractivity contribution in [3.8, 4) is 0 Å². The summed E-state index contributed by atoms with van der Waals surface area (Å²) in [5, 5.41) is 44.4. The van der Waals surface area contributed by atoms with E-state index < -0.39 is 85.7 Å². The SMILES string of the molecule is CC(=O)NC1C(O)CC(O)(C(=O)OCC(=O)N(C)C)OC1C(O)C(O)COC(=O)C(N)C(C)C. The molecule has 0 aromatic rings. The van der Waals surface area contributed by atoms with E-state index in [0.717, 1.165) is 11.8 Å². The van der Waals surface area contributed by atoms with Crippen molar-refractivity contribution in [1.82, 2.24) is 10.2 Å². The summed E-state index contributed by atoms with van der Waals surface area (Å²) >= 11 is 0. The first-order chi connectivity index (χ1) is 15.6. The quantitative estimate of drug-likeness (QED) is 0.161. The highest BCUT2D eigenvalue weighted by molar-refractivity contribution is 5.83. The van der Waals surface area contributed by atoms with Crippen LogP contribution in [0.1, 0.15) is 27.2 Å². The van der Waals surface area contributed by atoms with Crippen LogP contribution in [0, 0.1) is 5.92 Å². The molecule has 1 saturated heterocycles. The molecule has 34 heavy (non-hydrogen) atoms. The van der Waals surface area contributed by atoms with Crippen molar-refractivity contribution >= 4 is 23.8 Å². The highest BCUT2D eigenvalue weighted by Gasteiger charge is 2.54. The van der Waals surface area contributed by atoms with Gasteiger partial charge in [0.1, 0.15) is 31.0 Å². The topological polar surface area (TPSA) is 218 Å². The van der Waals surface area contributed by atoms with Crippen LogP contribution < -0.4 is 11.1 Å². The van der Waals surface area contributed by atoms with Crippen molar-refractivity contribution in [1.29, 1.82) is 0 Å². The monoisotopic (exact) mass is 493 g/mol. The van der Waals surface area contributed by atoms with Crippen LogP contribution in [0.15, 0.2) is 0 Å². The summed E-state index contributed by atoms with van der Waals surface area (Å²) in [4.78, 5) is 48.7. The molecule has 1 fully saturated rings. The summed E-state index contributed by atoms with van der Waals surface area (Å²) in [7, 11) is 2.83. The van der Waals surface area contributed by atoms with Crippen LogP contribution in [0.25, 0.3) is 0 Å². The number of carbonyl (C=O) groups is 4. The van der Waals surface area contributed by atoms with Gasteiger partial charge in [-0.1, -0.05) is 13.8 Å². The van der Waals surface area contributed by atoms with Gasteiger partial charge in [0.15, 0.2) is 6.61 Å². The molecule has 1 aliphatic rings. The first-order valence-corrected chi connectivity index (χ1v) is 10.6. The zero-order valence-corrected chi connectivity index (χ0v) is 19.8. The van der Waals surface area contributed by atoms with Crippen LogP contribution in [0.5, 0.6) is 0 Å². The molecule has 7 unspecified atom stereocenters. The first kappa shape index (κ1) is 29.7. The molecule has 7 N–H and O–H groups in total. The van der Waals surface area contributed by atoms with Crippen molar-refractivity contribution in [2.75, 3.05) is 27.3 Å². The van der Waals surface area contributed by atoms with Gasteiger partial charge in [0.05, 0.1) is 12.1 Å². The van der Waals surface area contributed by atoms with Crippen molar-refractivity contribution in [2.45, 2.75) is 69.5 Å². The second kappa shape index (κ2) is 12.4. The number of hydrogen-bond acceptors (Lipinski definition) is 12. The standard InChI is InChI=1S/C20H35N3O11/c1-9(2)14(21)18(29)32-7-12(26)16(28)17-15(22-10(3)24)11(25)6-20(31,34-17)19(30)33-8-13(27)23(4)5/h9,11-12,14-17,25-26,28,31H,6-8,21H2,1-5H3,(H,22,24). The summed E-state index contributed by atoms with van der Waals surface area (Å²) in [5.74, 6) is -6.57. The summed E-state index contributed by atoms with van der Waals surface area (Å²) in [6.45, 7) is 3.01. The van der Waals surface area contributed by atoms with Gasteiger partial charge in [0.25, 0.3) is 11.7 Å². The Morgan fingerprint density at radius 1 is 1.21 bits per heavy atom. The van der Waals surface area contributed by atoms with E-state index in [-0.39, 0.29) is 5.92 Å². The molecular weight excluding hydrogens is 458 g/mol. The van der Waals surface area contributed by atoms with Crippen molar-refractivity contribution < 1.29 is 53.8 Å². The number of amides is 2. The van der Waals surface area contributed by atoms with E-state index in [9.17, 15) is 39.6 Å². The number of aliphatic hydroxyl groups excluding tert-OH is 3. The fraction of sp³-hybridized carbons (Fsp3) is 0.800. The van der Waals surface area contributed by atoms with Gasteiger partial charge in [-0.3, -0.25) is 14.4 Å². The fourth-order valence-electron chi connectivity index (χ4n) is 3.03. The Morgan fingerprint density at radius 2 is 1.79 bits per heavy atom. The molecule has 1 aliphatic heterocycles. The van der Waals surface area contributed by atoms with Gasteiger partial charge in [0.2, 0.25) is 5.91 Å². The van der Waals surface area contributed by atoms with Crippen molar-refractivity contribution in [3.63, 3.8) is 0 Å². The lowest BCUT2D eigenvalue weighted by molar-refractivity contribution is -0.297. The normalized spacial score (nSPS) is 27.3. The minimum atomic E-state index is -2.82. The van der Waals surface area contributed by atoms with E-state index in [1.54, 1.807) is 13.8 Å². The third-order valence-electron chi connectivity index (χ3n) is 5.22. The summed E-state index contributed by atoms with van der Waals surface area (Å²) < 4.78 is 14.9. The lowest BCUT2D eigenvalue weighted by Crippen LogP contribution is -2.67. The molecule has 0 aliphatic carbocycles. The molecule has 14 nitrogen and oxygen atoms in total. The number of likely N-dealkylation sites (N-methyl/N-ethyl adjacent to an activating group) is 1. The zero-order chi connectivity index (χ0) is 26.4. The Balaban J connectivity index is 3.02. The van der Waals surface area contributed by atoms with Crippen LogP contribution in [0.3, 0.4) is 0 Å². The van der Waals surface area contributed by atoms with Gasteiger partial charge >= 0.3 is 11.9 Å². The largest absolute Gasteiger partial charge is 0.462 e. The number of nitrogens with two attached hydrogens (primary N) is 1. The second-order valence-electron chi connectivity index (χ2n) is 8.69. The molecule has 0 aromatic carbocycles. The van der Waals surface area contributed by atoms with Gasteiger partial charge in [-0.25, -0.2) is 4.79 Å². The Labute approximate surface area is 196 Å².